The van der Waals surface area contributed by atoms with E-state index in [9.17, 15) is 9.90 Å². The Morgan fingerprint density at radius 2 is 1.58 bits per heavy atom. The van der Waals surface area contributed by atoms with Gasteiger partial charge >= 0.3 is 5.97 Å². The fraction of sp³-hybridized carbons (Fsp3) is 0.938. The molecule has 1 saturated heterocycles. The van der Waals surface area contributed by atoms with Crippen molar-refractivity contribution in [2.24, 2.45) is 10.8 Å². The summed E-state index contributed by atoms with van der Waals surface area (Å²) in [6.07, 6.45) is 6.41. The molecule has 1 aliphatic heterocycles. The van der Waals surface area contributed by atoms with Gasteiger partial charge < -0.3 is 10.0 Å². The van der Waals surface area contributed by atoms with Gasteiger partial charge in [-0.2, -0.15) is 0 Å². The van der Waals surface area contributed by atoms with Crippen LogP contribution < -0.4 is 0 Å². The zero-order valence-electron chi connectivity index (χ0n) is 13.2. The van der Waals surface area contributed by atoms with Crippen LogP contribution in [0.5, 0.6) is 0 Å². The number of likely N-dealkylation sites (tertiary alicyclic amines) is 1. The Kier molecular flexibility index (Phi) is 5.84. The highest BCUT2D eigenvalue weighted by Gasteiger charge is 2.39. The summed E-state index contributed by atoms with van der Waals surface area (Å²) in [5.74, 6) is -0.625. The van der Waals surface area contributed by atoms with Crippen LogP contribution in [-0.2, 0) is 4.79 Å². The van der Waals surface area contributed by atoms with Crippen molar-refractivity contribution in [3.05, 3.63) is 0 Å². The van der Waals surface area contributed by atoms with Gasteiger partial charge in [0.2, 0.25) is 0 Å². The van der Waals surface area contributed by atoms with Gasteiger partial charge in [0.25, 0.3) is 0 Å². The van der Waals surface area contributed by atoms with E-state index in [0.29, 0.717) is 5.41 Å². The molecule has 0 atom stereocenters. The molecule has 1 rings (SSSR count). The minimum absolute atomic E-state index is 0.515. The zero-order chi connectivity index (χ0) is 14.5. The molecule has 3 heteroatoms. The lowest BCUT2D eigenvalue weighted by atomic mass is 9.73. The molecule has 1 N–H and O–H groups in total. The minimum Gasteiger partial charge on any atom is -0.481 e. The topological polar surface area (TPSA) is 40.5 Å². The van der Waals surface area contributed by atoms with Crippen LogP contribution in [-0.4, -0.2) is 35.6 Å². The van der Waals surface area contributed by atoms with E-state index in [1.54, 1.807) is 0 Å². The van der Waals surface area contributed by atoms with E-state index in [1.165, 1.54) is 25.7 Å². The van der Waals surface area contributed by atoms with Gasteiger partial charge in [-0.15, -0.1) is 0 Å². The third-order valence-electron chi connectivity index (χ3n) is 5.75. The summed E-state index contributed by atoms with van der Waals surface area (Å²) in [5.41, 5.74) is -0.0285. The van der Waals surface area contributed by atoms with Gasteiger partial charge in [0.1, 0.15) is 0 Å². The van der Waals surface area contributed by atoms with Crippen LogP contribution in [0, 0.1) is 10.8 Å². The first kappa shape index (κ1) is 16.5. The second-order valence-electron chi connectivity index (χ2n) is 6.28. The van der Waals surface area contributed by atoms with Crippen molar-refractivity contribution in [2.75, 3.05) is 19.6 Å². The van der Waals surface area contributed by atoms with Gasteiger partial charge in [-0.25, -0.2) is 0 Å². The molecule has 0 aromatic heterocycles. The van der Waals surface area contributed by atoms with E-state index in [0.717, 1.165) is 32.5 Å². The number of hydrogen-bond acceptors (Lipinski definition) is 2. The normalized spacial score (nSPS) is 20.4. The smallest absolute Gasteiger partial charge is 0.310 e. The quantitative estimate of drug-likeness (QED) is 0.764. The summed E-state index contributed by atoms with van der Waals surface area (Å²) in [5, 5.41) is 9.52. The van der Waals surface area contributed by atoms with Crippen molar-refractivity contribution in [1.29, 1.82) is 0 Å². The predicted molar refractivity (Wildman–Crippen MR) is 79.3 cm³/mol. The number of aliphatic carboxylic acids is 1. The van der Waals surface area contributed by atoms with Crippen LogP contribution in [0.25, 0.3) is 0 Å². The standard InChI is InChI=1S/C16H31NO2/c1-5-15(6-2)9-11-17(12-10-15)13-16(7-3,8-4)14(18)19/h5-13H2,1-4H3,(H,18,19). The third-order valence-corrected chi connectivity index (χ3v) is 5.75. The van der Waals surface area contributed by atoms with Gasteiger partial charge in [-0.3, -0.25) is 4.79 Å². The Labute approximate surface area is 118 Å². The number of piperidine rings is 1. The first-order chi connectivity index (χ1) is 8.97. The number of hydrogen-bond donors (Lipinski definition) is 1. The maximum absolute atomic E-state index is 11.6. The molecule has 0 amide bonds. The molecule has 3 nitrogen and oxygen atoms in total. The number of carboxylic acids is 1. The Balaban J connectivity index is 2.63. The van der Waals surface area contributed by atoms with E-state index in [-0.39, 0.29) is 0 Å². The molecule has 0 aliphatic carbocycles. The molecule has 0 aromatic rings. The summed E-state index contributed by atoms with van der Waals surface area (Å²) in [7, 11) is 0. The van der Waals surface area contributed by atoms with Crippen LogP contribution in [0.2, 0.25) is 0 Å². The van der Waals surface area contributed by atoms with Gasteiger partial charge in [0, 0.05) is 6.54 Å². The van der Waals surface area contributed by atoms with Crippen molar-refractivity contribution in [3.63, 3.8) is 0 Å². The van der Waals surface area contributed by atoms with E-state index in [2.05, 4.69) is 18.7 Å². The zero-order valence-corrected chi connectivity index (χ0v) is 13.2. The maximum atomic E-state index is 11.6. The highest BCUT2D eigenvalue weighted by Crippen LogP contribution is 2.39. The molecule has 0 spiro atoms. The molecule has 0 unspecified atom stereocenters. The molecule has 19 heavy (non-hydrogen) atoms. The van der Waals surface area contributed by atoms with Gasteiger partial charge in [-0.1, -0.05) is 40.5 Å². The summed E-state index contributed by atoms with van der Waals surface area (Å²) in [6.45, 7) is 11.4. The summed E-state index contributed by atoms with van der Waals surface area (Å²) in [6, 6.07) is 0. The minimum atomic E-state index is -0.625. The van der Waals surface area contributed by atoms with Crippen LogP contribution in [0.1, 0.15) is 66.2 Å². The van der Waals surface area contributed by atoms with Crippen molar-refractivity contribution in [1.82, 2.24) is 4.90 Å². The van der Waals surface area contributed by atoms with E-state index < -0.39 is 11.4 Å². The second-order valence-corrected chi connectivity index (χ2v) is 6.28. The van der Waals surface area contributed by atoms with Crippen LogP contribution in [0.15, 0.2) is 0 Å². The fourth-order valence-electron chi connectivity index (χ4n) is 3.41. The molecule has 0 bridgehead atoms. The Morgan fingerprint density at radius 1 is 1.11 bits per heavy atom. The second kappa shape index (κ2) is 6.74. The van der Waals surface area contributed by atoms with Crippen LogP contribution in [0.3, 0.4) is 0 Å². The van der Waals surface area contributed by atoms with Crippen molar-refractivity contribution in [3.8, 4) is 0 Å². The lowest BCUT2D eigenvalue weighted by Gasteiger charge is -2.43. The largest absolute Gasteiger partial charge is 0.481 e. The fourth-order valence-corrected chi connectivity index (χ4v) is 3.41. The van der Waals surface area contributed by atoms with E-state index in [1.807, 2.05) is 13.8 Å². The molecule has 1 fully saturated rings. The SMILES string of the molecule is CCC1(CC)CCN(CC(CC)(CC)C(=O)O)CC1. The van der Waals surface area contributed by atoms with E-state index >= 15 is 0 Å². The van der Waals surface area contributed by atoms with Gasteiger partial charge in [0.05, 0.1) is 5.41 Å². The number of carboxylic acid groups (broad SMARTS) is 1. The van der Waals surface area contributed by atoms with Crippen molar-refractivity contribution < 1.29 is 9.90 Å². The van der Waals surface area contributed by atoms with Crippen LogP contribution >= 0.6 is 0 Å². The summed E-state index contributed by atoms with van der Waals surface area (Å²) < 4.78 is 0. The summed E-state index contributed by atoms with van der Waals surface area (Å²) >= 11 is 0. The van der Waals surface area contributed by atoms with E-state index in [4.69, 9.17) is 0 Å². The molecule has 112 valence electrons. The Hall–Kier alpha value is -0.570. The molecule has 1 aliphatic rings. The molecular weight excluding hydrogens is 238 g/mol. The number of carbonyl (C=O) groups is 1. The predicted octanol–water partition coefficient (Wildman–Crippen LogP) is 3.78. The molecule has 0 radical (unpaired) electrons. The highest BCUT2D eigenvalue weighted by molar-refractivity contribution is 5.74. The summed E-state index contributed by atoms with van der Waals surface area (Å²) in [4.78, 5) is 13.9. The van der Waals surface area contributed by atoms with Crippen LogP contribution in [0.4, 0.5) is 0 Å². The lowest BCUT2D eigenvalue weighted by Crippen LogP contribution is -2.47. The molecular formula is C16H31NO2. The van der Waals surface area contributed by atoms with Gasteiger partial charge in [0.15, 0.2) is 0 Å². The first-order valence-corrected chi connectivity index (χ1v) is 7.93. The average molecular weight is 269 g/mol. The Bertz CT molecular complexity index is 283. The average Bonchev–Trinajstić information content (AvgIpc) is 2.45. The lowest BCUT2D eigenvalue weighted by molar-refractivity contribution is -0.151. The van der Waals surface area contributed by atoms with Gasteiger partial charge in [-0.05, 0) is 44.2 Å². The number of nitrogens with zero attached hydrogens (tertiary/aromatic N) is 1. The third kappa shape index (κ3) is 3.50. The monoisotopic (exact) mass is 269 g/mol. The maximum Gasteiger partial charge on any atom is 0.310 e. The van der Waals surface area contributed by atoms with Crippen molar-refractivity contribution in [2.45, 2.75) is 66.2 Å². The highest BCUT2D eigenvalue weighted by atomic mass is 16.4. The Morgan fingerprint density at radius 3 is 1.89 bits per heavy atom. The molecule has 0 aromatic carbocycles. The number of rotatable bonds is 7. The first-order valence-electron chi connectivity index (χ1n) is 7.93. The van der Waals surface area contributed by atoms with Crippen molar-refractivity contribution >= 4 is 5.97 Å². The molecule has 1 heterocycles. The molecule has 0 saturated carbocycles.